The summed E-state index contributed by atoms with van der Waals surface area (Å²) >= 11 is 0. The maximum atomic E-state index is 12.1. The van der Waals surface area contributed by atoms with E-state index in [1.165, 1.54) is 4.90 Å². The molecule has 0 saturated heterocycles. The van der Waals surface area contributed by atoms with Gasteiger partial charge in [0.2, 0.25) is 0 Å². The van der Waals surface area contributed by atoms with E-state index in [2.05, 4.69) is 5.32 Å². The number of nitrogens with one attached hydrogen (secondary N) is 1. The van der Waals surface area contributed by atoms with E-state index in [4.69, 9.17) is 5.26 Å². The molecular formula is C14H15N3O3. The number of carboxylic acid groups (broad SMARTS) is 1. The van der Waals surface area contributed by atoms with Gasteiger partial charge in [0.25, 0.3) is 0 Å². The van der Waals surface area contributed by atoms with Crippen molar-refractivity contribution in [3.63, 3.8) is 0 Å². The average molecular weight is 273 g/mol. The molecular weight excluding hydrogens is 258 g/mol. The fraction of sp³-hybridized carbons (Fsp3) is 0.357. The number of nitrogens with zero attached hydrogens (tertiary/aromatic N) is 2. The van der Waals surface area contributed by atoms with Gasteiger partial charge in [0.05, 0.1) is 11.6 Å². The Bertz CT molecular complexity index is 570. The summed E-state index contributed by atoms with van der Waals surface area (Å²) in [4.78, 5) is 24.6. The first-order valence-electron chi connectivity index (χ1n) is 6.28. The molecule has 2 N–H and O–H groups in total. The first-order valence-corrected chi connectivity index (χ1v) is 6.28. The number of nitriles is 1. The lowest BCUT2D eigenvalue weighted by atomic mass is 9.77. The molecule has 6 nitrogen and oxygen atoms in total. The Morgan fingerprint density at radius 3 is 2.35 bits per heavy atom. The lowest BCUT2D eigenvalue weighted by Crippen LogP contribution is -2.61. The molecule has 20 heavy (non-hydrogen) atoms. The van der Waals surface area contributed by atoms with E-state index < -0.39 is 17.5 Å². The van der Waals surface area contributed by atoms with Crippen LogP contribution >= 0.6 is 0 Å². The van der Waals surface area contributed by atoms with Gasteiger partial charge < -0.3 is 10.4 Å². The van der Waals surface area contributed by atoms with Gasteiger partial charge in [-0.05, 0) is 43.5 Å². The van der Waals surface area contributed by atoms with Gasteiger partial charge in [-0.3, -0.25) is 4.90 Å². The summed E-state index contributed by atoms with van der Waals surface area (Å²) < 4.78 is 0. The molecule has 1 aromatic carbocycles. The SMILES string of the molecule is CN(C(=O)NC1(C(=O)O)CCC1)c1ccc(C#N)cc1. The summed E-state index contributed by atoms with van der Waals surface area (Å²) in [6.07, 6.45) is 1.71. The minimum absolute atomic E-state index is 0.454. The van der Waals surface area contributed by atoms with Crippen molar-refractivity contribution in [2.24, 2.45) is 0 Å². The number of aliphatic carboxylic acids is 1. The lowest BCUT2D eigenvalue weighted by Gasteiger charge is -2.39. The Balaban J connectivity index is 2.08. The zero-order valence-corrected chi connectivity index (χ0v) is 11.1. The number of anilines is 1. The monoisotopic (exact) mass is 273 g/mol. The molecule has 2 amide bonds. The second kappa shape index (κ2) is 5.21. The number of carboxylic acids is 1. The molecule has 6 heteroatoms. The van der Waals surface area contributed by atoms with Gasteiger partial charge in [-0.15, -0.1) is 0 Å². The summed E-state index contributed by atoms with van der Waals surface area (Å²) in [5.41, 5.74) is -0.0253. The summed E-state index contributed by atoms with van der Waals surface area (Å²) in [7, 11) is 1.56. The molecule has 0 aromatic heterocycles. The van der Waals surface area contributed by atoms with Crippen LogP contribution in [0.25, 0.3) is 0 Å². The number of carbonyl (C=O) groups is 2. The maximum absolute atomic E-state index is 12.1. The van der Waals surface area contributed by atoms with Gasteiger partial charge in [0.15, 0.2) is 0 Å². The second-order valence-electron chi connectivity index (χ2n) is 4.89. The number of urea groups is 1. The number of hydrogen-bond donors (Lipinski definition) is 2. The Morgan fingerprint density at radius 2 is 1.95 bits per heavy atom. The molecule has 0 unspecified atom stereocenters. The fourth-order valence-electron chi connectivity index (χ4n) is 2.09. The van der Waals surface area contributed by atoms with Crippen molar-refractivity contribution in [1.82, 2.24) is 5.32 Å². The summed E-state index contributed by atoms with van der Waals surface area (Å²) in [6.45, 7) is 0. The number of hydrogen-bond acceptors (Lipinski definition) is 3. The summed E-state index contributed by atoms with van der Waals surface area (Å²) in [6, 6.07) is 8.04. The van der Waals surface area contributed by atoms with Crippen LogP contribution in [0, 0.1) is 11.3 Å². The van der Waals surface area contributed by atoms with Gasteiger partial charge in [0, 0.05) is 12.7 Å². The van der Waals surface area contributed by atoms with Gasteiger partial charge in [-0.2, -0.15) is 5.26 Å². The maximum Gasteiger partial charge on any atom is 0.329 e. The molecule has 0 aliphatic heterocycles. The fourth-order valence-corrected chi connectivity index (χ4v) is 2.09. The van der Waals surface area contributed by atoms with E-state index in [-0.39, 0.29) is 0 Å². The van der Waals surface area contributed by atoms with Crippen LogP contribution in [0.3, 0.4) is 0 Å². The van der Waals surface area contributed by atoms with Crippen LogP contribution in [0.1, 0.15) is 24.8 Å². The normalized spacial score (nSPS) is 15.6. The van der Waals surface area contributed by atoms with E-state index in [0.29, 0.717) is 24.1 Å². The second-order valence-corrected chi connectivity index (χ2v) is 4.89. The zero-order chi connectivity index (χ0) is 14.8. The Hall–Kier alpha value is -2.55. The molecule has 0 radical (unpaired) electrons. The Labute approximate surface area is 116 Å². The third-order valence-corrected chi connectivity index (χ3v) is 3.65. The molecule has 0 atom stereocenters. The van der Waals surface area contributed by atoms with Crippen LogP contribution in [-0.2, 0) is 4.79 Å². The molecule has 1 aliphatic carbocycles. The van der Waals surface area contributed by atoms with Crippen molar-refractivity contribution >= 4 is 17.7 Å². The van der Waals surface area contributed by atoms with Crippen molar-refractivity contribution in [3.8, 4) is 6.07 Å². The molecule has 1 saturated carbocycles. The number of carbonyl (C=O) groups excluding carboxylic acids is 1. The molecule has 104 valence electrons. The van der Waals surface area contributed by atoms with Crippen molar-refractivity contribution in [2.75, 3.05) is 11.9 Å². The van der Waals surface area contributed by atoms with Crippen molar-refractivity contribution in [3.05, 3.63) is 29.8 Å². The molecule has 1 aromatic rings. The van der Waals surface area contributed by atoms with Crippen molar-refractivity contribution in [1.29, 1.82) is 5.26 Å². The summed E-state index contributed by atoms with van der Waals surface area (Å²) in [5.74, 6) is -0.995. The van der Waals surface area contributed by atoms with E-state index in [1.54, 1.807) is 31.3 Å². The van der Waals surface area contributed by atoms with Crippen molar-refractivity contribution in [2.45, 2.75) is 24.8 Å². The van der Waals surface area contributed by atoms with E-state index >= 15 is 0 Å². The minimum atomic E-state index is -1.13. The average Bonchev–Trinajstić information content (AvgIpc) is 2.41. The van der Waals surface area contributed by atoms with Crippen LogP contribution in [0.5, 0.6) is 0 Å². The minimum Gasteiger partial charge on any atom is -0.480 e. The highest BCUT2D eigenvalue weighted by Crippen LogP contribution is 2.32. The van der Waals surface area contributed by atoms with Crippen LogP contribution in [0.2, 0.25) is 0 Å². The van der Waals surface area contributed by atoms with Crippen LogP contribution in [0.15, 0.2) is 24.3 Å². The van der Waals surface area contributed by atoms with Gasteiger partial charge in [-0.25, -0.2) is 9.59 Å². The standard InChI is InChI=1S/C14H15N3O3/c1-17(11-5-3-10(9-15)4-6-11)13(20)16-14(12(18)19)7-2-8-14/h3-6H,2,7-8H2,1H3,(H,16,20)(H,18,19). The molecule has 1 aliphatic rings. The van der Waals surface area contributed by atoms with E-state index in [9.17, 15) is 14.7 Å². The largest absolute Gasteiger partial charge is 0.480 e. The third kappa shape index (κ3) is 2.43. The predicted molar refractivity (Wildman–Crippen MR) is 72.3 cm³/mol. The smallest absolute Gasteiger partial charge is 0.329 e. The lowest BCUT2D eigenvalue weighted by molar-refractivity contribution is -0.148. The van der Waals surface area contributed by atoms with E-state index in [1.807, 2.05) is 6.07 Å². The topological polar surface area (TPSA) is 93.4 Å². The highest BCUT2D eigenvalue weighted by molar-refractivity contribution is 5.95. The third-order valence-electron chi connectivity index (χ3n) is 3.65. The van der Waals surface area contributed by atoms with Gasteiger partial charge in [-0.1, -0.05) is 0 Å². The van der Waals surface area contributed by atoms with Crippen molar-refractivity contribution < 1.29 is 14.7 Å². The first kappa shape index (κ1) is 13.9. The quantitative estimate of drug-likeness (QED) is 0.876. The number of rotatable bonds is 3. The zero-order valence-electron chi connectivity index (χ0n) is 11.1. The molecule has 0 spiro atoms. The Morgan fingerprint density at radius 1 is 1.35 bits per heavy atom. The summed E-state index contributed by atoms with van der Waals surface area (Å²) in [5, 5.41) is 20.5. The highest BCUT2D eigenvalue weighted by atomic mass is 16.4. The molecule has 1 fully saturated rings. The van der Waals surface area contributed by atoms with Crippen LogP contribution in [-0.4, -0.2) is 29.7 Å². The predicted octanol–water partition coefficient (Wildman–Crippen LogP) is 1.71. The molecule has 0 heterocycles. The van der Waals surface area contributed by atoms with E-state index in [0.717, 1.165) is 6.42 Å². The number of benzene rings is 1. The van der Waals surface area contributed by atoms with Crippen LogP contribution < -0.4 is 10.2 Å². The Kier molecular flexibility index (Phi) is 3.61. The molecule has 0 bridgehead atoms. The van der Waals surface area contributed by atoms with Crippen LogP contribution in [0.4, 0.5) is 10.5 Å². The number of amides is 2. The van der Waals surface area contributed by atoms with Gasteiger partial charge in [0.1, 0.15) is 5.54 Å². The van der Waals surface area contributed by atoms with Gasteiger partial charge >= 0.3 is 12.0 Å². The first-order chi connectivity index (χ1) is 9.48. The highest BCUT2D eigenvalue weighted by Gasteiger charge is 2.46. The molecule has 2 rings (SSSR count).